The standard InChI is InChI=1S/C24H15ClN4O7S/c25-20-16-9-17-18(36-11-35-17)10-19(16)37-21(20)24(32)28-27-23(31)13-1-5-14(6-2-13)26-22(30)12-3-7-15(8-4-12)29(33)34/h1-10H,11H2,(H,26,30)(H,27,31)(H,28,32). The van der Waals surface area contributed by atoms with Crippen LogP contribution in [0, 0.1) is 10.1 Å². The molecule has 0 atom stereocenters. The van der Waals surface area contributed by atoms with Crippen LogP contribution in [0.5, 0.6) is 11.5 Å². The van der Waals surface area contributed by atoms with Gasteiger partial charge in [-0.1, -0.05) is 11.6 Å². The Morgan fingerprint density at radius 2 is 1.46 bits per heavy atom. The molecule has 37 heavy (non-hydrogen) atoms. The lowest BCUT2D eigenvalue weighted by Gasteiger charge is -2.08. The first-order valence-electron chi connectivity index (χ1n) is 10.6. The number of carbonyl (C=O) groups excluding carboxylic acids is 3. The number of nitro benzene ring substituents is 1. The maximum atomic E-state index is 12.6. The number of nitro groups is 1. The first kappa shape index (κ1) is 24.0. The van der Waals surface area contributed by atoms with Gasteiger partial charge in [-0.05, 0) is 42.5 Å². The number of non-ortho nitro benzene ring substituents is 1. The fourth-order valence-electron chi connectivity index (χ4n) is 3.49. The Hall–Kier alpha value is -4.68. The van der Waals surface area contributed by atoms with Gasteiger partial charge in [-0.25, -0.2) is 0 Å². The van der Waals surface area contributed by atoms with Gasteiger partial charge in [0.2, 0.25) is 6.79 Å². The van der Waals surface area contributed by atoms with Gasteiger partial charge in [-0.2, -0.15) is 0 Å². The molecule has 11 nitrogen and oxygen atoms in total. The first-order valence-corrected chi connectivity index (χ1v) is 11.8. The summed E-state index contributed by atoms with van der Waals surface area (Å²) in [5, 5.41) is 14.2. The fourth-order valence-corrected chi connectivity index (χ4v) is 4.90. The normalized spacial score (nSPS) is 11.7. The van der Waals surface area contributed by atoms with E-state index in [9.17, 15) is 24.5 Å². The minimum atomic E-state index is -0.589. The summed E-state index contributed by atoms with van der Waals surface area (Å²) in [6, 6.07) is 14.5. The van der Waals surface area contributed by atoms with Crippen LogP contribution in [0.4, 0.5) is 11.4 Å². The molecule has 0 unspecified atom stereocenters. The van der Waals surface area contributed by atoms with Crippen LogP contribution in [0.3, 0.4) is 0 Å². The monoisotopic (exact) mass is 538 g/mol. The molecule has 1 aliphatic heterocycles. The molecule has 0 saturated carbocycles. The molecule has 186 valence electrons. The zero-order valence-corrected chi connectivity index (χ0v) is 20.1. The molecule has 0 radical (unpaired) electrons. The summed E-state index contributed by atoms with van der Waals surface area (Å²) in [4.78, 5) is 47.9. The van der Waals surface area contributed by atoms with E-state index in [1.54, 1.807) is 12.1 Å². The molecule has 3 N–H and O–H groups in total. The van der Waals surface area contributed by atoms with Crippen LogP contribution >= 0.6 is 22.9 Å². The number of nitrogens with zero attached hydrogens (tertiary/aromatic N) is 1. The van der Waals surface area contributed by atoms with Gasteiger partial charge in [0.05, 0.1) is 9.95 Å². The Morgan fingerprint density at radius 1 is 0.865 bits per heavy atom. The molecule has 0 fully saturated rings. The van der Waals surface area contributed by atoms with Gasteiger partial charge in [0.1, 0.15) is 4.88 Å². The van der Waals surface area contributed by atoms with E-state index >= 15 is 0 Å². The summed E-state index contributed by atoms with van der Waals surface area (Å²) in [5.41, 5.74) is 5.42. The van der Waals surface area contributed by atoms with E-state index in [4.69, 9.17) is 21.1 Å². The number of hydrogen-bond donors (Lipinski definition) is 3. The molecule has 0 bridgehead atoms. The van der Waals surface area contributed by atoms with E-state index in [0.717, 1.165) is 16.0 Å². The maximum absolute atomic E-state index is 12.6. The second kappa shape index (κ2) is 9.76. The molecule has 0 saturated heterocycles. The summed E-state index contributed by atoms with van der Waals surface area (Å²) < 4.78 is 11.4. The van der Waals surface area contributed by atoms with Crippen molar-refractivity contribution in [3.63, 3.8) is 0 Å². The highest BCUT2D eigenvalue weighted by atomic mass is 35.5. The molecular weight excluding hydrogens is 524 g/mol. The van der Waals surface area contributed by atoms with Crippen LogP contribution in [0.15, 0.2) is 60.7 Å². The summed E-state index contributed by atoms with van der Waals surface area (Å²) >= 11 is 7.54. The van der Waals surface area contributed by atoms with E-state index in [1.807, 2.05) is 0 Å². The van der Waals surface area contributed by atoms with E-state index in [1.165, 1.54) is 48.5 Å². The minimum absolute atomic E-state index is 0.122. The Labute approximate surface area is 217 Å². The number of rotatable bonds is 5. The number of thiophene rings is 1. The lowest BCUT2D eigenvalue weighted by Crippen LogP contribution is -2.41. The predicted molar refractivity (Wildman–Crippen MR) is 135 cm³/mol. The second-order valence-corrected chi connectivity index (χ2v) is 9.12. The van der Waals surface area contributed by atoms with E-state index in [0.29, 0.717) is 22.6 Å². The number of hydrazine groups is 1. The van der Waals surface area contributed by atoms with Crippen LogP contribution < -0.4 is 25.6 Å². The van der Waals surface area contributed by atoms with Crippen molar-refractivity contribution < 1.29 is 28.8 Å². The van der Waals surface area contributed by atoms with Crippen molar-refractivity contribution >= 4 is 62.1 Å². The summed E-state index contributed by atoms with van der Waals surface area (Å²) in [6.07, 6.45) is 0. The molecule has 3 amide bonds. The van der Waals surface area contributed by atoms with Crippen molar-refractivity contribution in [2.24, 2.45) is 0 Å². The van der Waals surface area contributed by atoms with Crippen LogP contribution in [-0.4, -0.2) is 29.4 Å². The van der Waals surface area contributed by atoms with Gasteiger partial charge in [0.25, 0.3) is 23.4 Å². The number of hydrogen-bond acceptors (Lipinski definition) is 8. The molecule has 4 aromatic rings. The van der Waals surface area contributed by atoms with Crippen molar-refractivity contribution in [2.75, 3.05) is 12.1 Å². The first-order chi connectivity index (χ1) is 17.8. The van der Waals surface area contributed by atoms with Gasteiger partial charge in [-0.15, -0.1) is 11.3 Å². The number of amides is 3. The zero-order valence-electron chi connectivity index (χ0n) is 18.6. The third-order valence-electron chi connectivity index (χ3n) is 5.36. The van der Waals surface area contributed by atoms with Gasteiger partial charge in [-0.3, -0.25) is 35.3 Å². The molecular formula is C24H15ClN4O7S. The molecule has 0 aliphatic carbocycles. The van der Waals surface area contributed by atoms with Crippen LogP contribution in [0.25, 0.3) is 10.1 Å². The van der Waals surface area contributed by atoms with Gasteiger partial charge >= 0.3 is 0 Å². The topological polar surface area (TPSA) is 149 Å². The highest BCUT2D eigenvalue weighted by Gasteiger charge is 2.22. The largest absolute Gasteiger partial charge is 0.454 e. The maximum Gasteiger partial charge on any atom is 0.281 e. The molecule has 5 rings (SSSR count). The third-order valence-corrected chi connectivity index (χ3v) is 7.02. The molecule has 0 spiro atoms. The Kier molecular flexibility index (Phi) is 6.34. The Morgan fingerprint density at radius 3 is 2.14 bits per heavy atom. The number of anilines is 1. The number of halogens is 1. The fraction of sp³-hybridized carbons (Fsp3) is 0.0417. The predicted octanol–water partition coefficient (Wildman–Crippen LogP) is 4.52. The average Bonchev–Trinajstić information content (AvgIpc) is 3.49. The van der Waals surface area contributed by atoms with Crippen molar-refractivity contribution in [3.05, 3.63) is 91.8 Å². The average molecular weight is 539 g/mol. The number of fused-ring (bicyclic) bond motifs is 2. The Bertz CT molecular complexity index is 1570. The number of benzene rings is 3. The molecule has 13 heteroatoms. The summed E-state index contributed by atoms with van der Waals surface area (Å²) in [5.74, 6) is -0.533. The highest BCUT2D eigenvalue weighted by Crippen LogP contribution is 2.43. The lowest BCUT2D eigenvalue weighted by atomic mass is 10.1. The zero-order chi connectivity index (χ0) is 26.1. The smallest absolute Gasteiger partial charge is 0.281 e. The number of ether oxygens (including phenoxy) is 2. The van der Waals surface area contributed by atoms with Crippen molar-refractivity contribution in [1.29, 1.82) is 0 Å². The Balaban J connectivity index is 1.19. The van der Waals surface area contributed by atoms with Crippen LogP contribution in [-0.2, 0) is 0 Å². The quantitative estimate of drug-likeness (QED) is 0.250. The molecule has 2 heterocycles. The van der Waals surface area contributed by atoms with Gasteiger partial charge in [0.15, 0.2) is 11.5 Å². The second-order valence-electron chi connectivity index (χ2n) is 7.69. The van der Waals surface area contributed by atoms with Crippen molar-refractivity contribution in [3.8, 4) is 11.5 Å². The summed E-state index contributed by atoms with van der Waals surface area (Å²) in [7, 11) is 0. The SMILES string of the molecule is O=C(NNC(=O)c1sc2cc3c(cc2c1Cl)OCO3)c1ccc(NC(=O)c2ccc([N+](=O)[O-])cc2)cc1. The van der Waals surface area contributed by atoms with Gasteiger partial charge in [0, 0.05) is 45.1 Å². The van der Waals surface area contributed by atoms with Crippen LogP contribution in [0.2, 0.25) is 5.02 Å². The van der Waals surface area contributed by atoms with Crippen molar-refractivity contribution in [2.45, 2.75) is 0 Å². The van der Waals surface area contributed by atoms with E-state index < -0.39 is 22.6 Å². The van der Waals surface area contributed by atoms with Gasteiger partial charge < -0.3 is 14.8 Å². The minimum Gasteiger partial charge on any atom is -0.454 e. The van der Waals surface area contributed by atoms with Crippen molar-refractivity contribution in [1.82, 2.24) is 10.9 Å². The summed E-state index contributed by atoms with van der Waals surface area (Å²) in [6.45, 7) is 0.122. The lowest BCUT2D eigenvalue weighted by molar-refractivity contribution is -0.384. The molecule has 1 aromatic heterocycles. The number of nitrogens with one attached hydrogen (secondary N) is 3. The molecule has 1 aliphatic rings. The van der Waals surface area contributed by atoms with E-state index in [2.05, 4.69) is 16.2 Å². The number of carbonyl (C=O) groups is 3. The molecule has 3 aromatic carbocycles. The van der Waals surface area contributed by atoms with E-state index in [-0.39, 0.29) is 33.5 Å². The highest BCUT2D eigenvalue weighted by molar-refractivity contribution is 7.21. The van der Waals surface area contributed by atoms with Crippen LogP contribution in [0.1, 0.15) is 30.4 Å². The third kappa shape index (κ3) is 4.87.